The first-order valence-electron chi connectivity index (χ1n) is 11.3. The summed E-state index contributed by atoms with van der Waals surface area (Å²) >= 11 is 3.51. The van der Waals surface area contributed by atoms with E-state index in [0.717, 1.165) is 16.2 Å². The maximum Gasteiger partial charge on any atom is 0.352 e. The van der Waals surface area contributed by atoms with Gasteiger partial charge >= 0.3 is 17.1 Å². The number of carboxylic acids is 2. The van der Waals surface area contributed by atoms with Gasteiger partial charge in [0.2, 0.25) is 17.7 Å². The summed E-state index contributed by atoms with van der Waals surface area (Å²) in [6.45, 7) is 1.22. The van der Waals surface area contributed by atoms with Crippen LogP contribution in [0.2, 0.25) is 0 Å². The first kappa shape index (κ1) is 28.9. The zero-order chi connectivity index (χ0) is 29.3. The van der Waals surface area contributed by atoms with E-state index in [-0.39, 0.29) is 39.6 Å². The van der Waals surface area contributed by atoms with E-state index in [1.165, 1.54) is 41.9 Å². The van der Waals surface area contributed by atoms with Crippen molar-refractivity contribution in [3.63, 3.8) is 0 Å². The van der Waals surface area contributed by atoms with Gasteiger partial charge in [-0.2, -0.15) is 0 Å². The molecule has 2 aliphatic heterocycles. The lowest BCUT2D eigenvalue weighted by atomic mass is 10.0. The van der Waals surface area contributed by atoms with Gasteiger partial charge in [0.25, 0.3) is 11.8 Å². The van der Waals surface area contributed by atoms with Gasteiger partial charge in [0, 0.05) is 16.9 Å². The number of aromatic nitrogens is 3. The molecule has 212 valence electrons. The number of carbonyl (C=O) groups is 4. The third kappa shape index (κ3) is 5.75. The van der Waals surface area contributed by atoms with Gasteiger partial charge in [-0.3, -0.25) is 14.5 Å². The lowest BCUT2D eigenvalue weighted by Gasteiger charge is -2.49. The molecule has 2 amide bonds. The van der Waals surface area contributed by atoms with Crippen molar-refractivity contribution in [2.24, 2.45) is 12.2 Å². The Hall–Kier alpha value is -4.10. The van der Waals surface area contributed by atoms with Crippen molar-refractivity contribution in [2.45, 2.75) is 29.6 Å². The van der Waals surface area contributed by atoms with E-state index >= 15 is 0 Å². The number of β-lactam (4-membered cyclic amide) rings is 1. The van der Waals surface area contributed by atoms with Crippen molar-refractivity contribution in [3.05, 3.63) is 28.4 Å². The van der Waals surface area contributed by atoms with Crippen LogP contribution in [0.4, 0.5) is 16.8 Å². The van der Waals surface area contributed by atoms with E-state index in [2.05, 4.69) is 20.4 Å². The number of fused-ring (bicyclic) bond motifs is 1. The third-order valence-corrected chi connectivity index (χ3v) is 8.87. The predicted octanol–water partition coefficient (Wildman–Crippen LogP) is -1.17. The highest BCUT2D eigenvalue weighted by Gasteiger charge is 2.54. The molecule has 16 nitrogen and oxygen atoms in total. The highest BCUT2D eigenvalue weighted by molar-refractivity contribution is 8.01. The Bertz CT molecular complexity index is 1460. The largest absolute Gasteiger partial charge is 0.478 e. The van der Waals surface area contributed by atoms with Crippen molar-refractivity contribution in [1.29, 1.82) is 0 Å². The molecule has 0 radical (unpaired) electrons. The van der Waals surface area contributed by atoms with E-state index in [0.29, 0.717) is 16.5 Å². The number of rotatable bonds is 10. The number of nitrogens with two attached hydrogens (primary N) is 3. The third-order valence-electron chi connectivity index (χ3n) is 5.74. The number of amides is 2. The van der Waals surface area contributed by atoms with Crippen molar-refractivity contribution in [3.8, 4) is 0 Å². The second-order valence-electron chi connectivity index (χ2n) is 8.45. The van der Waals surface area contributed by atoms with Crippen LogP contribution in [0.15, 0.2) is 33.0 Å². The Morgan fingerprint density at radius 1 is 1.32 bits per heavy atom. The molecule has 0 aromatic carbocycles. The van der Waals surface area contributed by atoms with Crippen LogP contribution >= 0.6 is 34.9 Å². The average Bonchev–Trinajstić information content (AvgIpc) is 3.33. The molecular weight excluding hydrogens is 586 g/mol. The minimum atomic E-state index is -1.37. The molecule has 2 aromatic heterocycles. The summed E-state index contributed by atoms with van der Waals surface area (Å²) in [4.78, 5) is 63.7. The second-order valence-corrected chi connectivity index (χ2v) is 11.4. The van der Waals surface area contributed by atoms with Gasteiger partial charge in [0.1, 0.15) is 22.8 Å². The zero-order valence-corrected chi connectivity index (χ0v) is 23.4. The van der Waals surface area contributed by atoms with Gasteiger partial charge in [-0.25, -0.2) is 19.1 Å². The fourth-order valence-electron chi connectivity index (χ4n) is 3.64. The molecule has 40 heavy (non-hydrogen) atoms. The minimum Gasteiger partial charge on any atom is -0.478 e. The highest BCUT2D eigenvalue weighted by atomic mass is 32.2. The van der Waals surface area contributed by atoms with Crippen molar-refractivity contribution in [1.82, 2.24) is 20.2 Å². The normalized spacial score (nSPS) is 19.5. The lowest BCUT2D eigenvalue weighted by Crippen LogP contribution is -2.71. The number of nitrogens with one attached hydrogen (secondary N) is 1. The van der Waals surface area contributed by atoms with E-state index in [1.807, 2.05) is 0 Å². The molecule has 4 heterocycles. The first-order valence-corrected chi connectivity index (χ1v) is 14.2. The van der Waals surface area contributed by atoms with Crippen molar-refractivity contribution >= 4 is 81.1 Å². The number of oxime groups is 1. The molecular formula is C21H24N9O7S3+. The van der Waals surface area contributed by atoms with Gasteiger partial charge in [-0.05, 0) is 24.3 Å². The van der Waals surface area contributed by atoms with E-state index in [4.69, 9.17) is 27.1 Å². The minimum absolute atomic E-state index is 0.0203. The first-order chi connectivity index (χ1) is 18.9. The van der Waals surface area contributed by atoms with Crippen LogP contribution in [0.5, 0.6) is 0 Å². The molecule has 4 rings (SSSR count). The van der Waals surface area contributed by atoms with Crippen LogP contribution in [0.3, 0.4) is 0 Å². The van der Waals surface area contributed by atoms with E-state index in [1.54, 1.807) is 11.6 Å². The standard InChI is InChI=1S/C21H23N9O7S3/c1-7(18(33)34)37-28-12(9-6-39-20(24)25-9)15(31)27-13-16(32)30-14(19(35)36)8(4-38-17(13)30)5-40-21-26-10(22)3-11(23)29(21)2/h3,6-7,13,17H,4-5H2,1-2H3,(H8,22,23,24,25,27,31,33,34,35,36)/p+1/b28-12-/t7-,13?,17?/m0/s1. The quantitative estimate of drug-likeness (QED) is 0.0463. The Morgan fingerprint density at radius 2 is 2.05 bits per heavy atom. The summed E-state index contributed by atoms with van der Waals surface area (Å²) in [5.41, 5.74) is 17.3. The summed E-state index contributed by atoms with van der Waals surface area (Å²) in [5.74, 6) is -3.06. The molecule has 19 heteroatoms. The highest BCUT2D eigenvalue weighted by Crippen LogP contribution is 2.41. The van der Waals surface area contributed by atoms with Crippen LogP contribution in [0.1, 0.15) is 12.6 Å². The molecule has 0 aliphatic carbocycles. The number of nitrogen functional groups attached to an aromatic ring is 3. The number of thioether (sulfide) groups is 2. The predicted molar refractivity (Wildman–Crippen MR) is 146 cm³/mol. The Morgan fingerprint density at radius 3 is 2.67 bits per heavy atom. The second kappa shape index (κ2) is 11.6. The summed E-state index contributed by atoms with van der Waals surface area (Å²) in [5, 5.41) is 26.5. The van der Waals surface area contributed by atoms with Gasteiger partial charge in [-0.1, -0.05) is 10.1 Å². The summed E-state index contributed by atoms with van der Waals surface area (Å²) in [7, 11) is 1.69. The lowest BCUT2D eigenvalue weighted by molar-refractivity contribution is -0.698. The average molecular weight is 611 g/mol. The Labute approximate surface area is 238 Å². The molecule has 1 fully saturated rings. The fourth-order valence-corrected chi connectivity index (χ4v) is 6.67. The fraction of sp³-hybridized carbons (Fsp3) is 0.333. The SMILES string of the molecule is C[C@H](O/N=C(\C(=O)NC1C(=O)N2C(C(=O)O)=C(CSc3nc(N)cc(N)[n+]3C)CSC12)c1csc(N)n1)C(=O)O. The van der Waals surface area contributed by atoms with Crippen LogP contribution in [-0.2, 0) is 31.1 Å². The molecule has 9 N–H and O–H groups in total. The topological polar surface area (TPSA) is 253 Å². The molecule has 0 saturated carbocycles. The Kier molecular flexibility index (Phi) is 8.35. The van der Waals surface area contributed by atoms with E-state index in [9.17, 15) is 24.3 Å². The maximum atomic E-state index is 13.1. The number of anilines is 3. The number of hydrogen-bond donors (Lipinski definition) is 6. The number of aliphatic carboxylic acids is 2. The van der Waals surface area contributed by atoms with Crippen LogP contribution in [0, 0.1) is 0 Å². The molecule has 2 aromatic rings. The van der Waals surface area contributed by atoms with Crippen molar-refractivity contribution < 1.29 is 38.8 Å². The molecule has 1 saturated heterocycles. The molecule has 3 atom stereocenters. The summed E-state index contributed by atoms with van der Waals surface area (Å²) in [6, 6.07) is 0.422. The molecule has 2 aliphatic rings. The number of thiazole rings is 1. The maximum absolute atomic E-state index is 13.1. The van der Waals surface area contributed by atoms with Crippen LogP contribution in [0.25, 0.3) is 0 Å². The summed E-state index contributed by atoms with van der Waals surface area (Å²) < 4.78 is 1.61. The van der Waals surface area contributed by atoms with Crippen LogP contribution < -0.4 is 27.1 Å². The smallest absolute Gasteiger partial charge is 0.352 e. The molecule has 0 bridgehead atoms. The summed E-state index contributed by atoms with van der Waals surface area (Å²) in [6.07, 6.45) is -1.37. The van der Waals surface area contributed by atoms with Gasteiger partial charge in [0.15, 0.2) is 10.8 Å². The van der Waals surface area contributed by atoms with Crippen LogP contribution in [-0.4, -0.2) is 83.6 Å². The van der Waals surface area contributed by atoms with E-state index < -0.39 is 41.3 Å². The number of carboxylic acid groups (broad SMARTS) is 2. The van der Waals surface area contributed by atoms with Gasteiger partial charge in [-0.15, -0.1) is 23.1 Å². The zero-order valence-electron chi connectivity index (χ0n) is 20.9. The number of nitrogens with zero attached hydrogens (tertiary/aromatic N) is 5. The number of carbonyl (C=O) groups excluding carboxylic acids is 2. The van der Waals surface area contributed by atoms with Gasteiger partial charge < -0.3 is 37.6 Å². The number of hydrogen-bond acceptors (Lipinski definition) is 14. The molecule has 2 unspecified atom stereocenters. The van der Waals surface area contributed by atoms with Crippen molar-refractivity contribution in [2.75, 3.05) is 28.7 Å². The Balaban J connectivity index is 1.52. The molecule has 0 spiro atoms. The van der Waals surface area contributed by atoms with Gasteiger partial charge in [0.05, 0.1) is 13.1 Å². The monoisotopic (exact) mass is 610 g/mol.